The van der Waals surface area contributed by atoms with Crippen LogP contribution in [0.4, 0.5) is 17.2 Å². The second-order valence-electron chi connectivity index (χ2n) is 5.74. The predicted octanol–water partition coefficient (Wildman–Crippen LogP) is 4.62. The Morgan fingerprint density at radius 1 is 1.00 bits per heavy atom. The molecule has 0 unspecified atom stereocenters. The lowest BCUT2D eigenvalue weighted by Crippen LogP contribution is -2.13. The Morgan fingerprint density at radius 3 is 2.73 bits per heavy atom. The highest BCUT2D eigenvalue weighted by molar-refractivity contribution is 7.10. The van der Waals surface area contributed by atoms with E-state index in [1.54, 1.807) is 23.7 Å². The van der Waals surface area contributed by atoms with Gasteiger partial charge in [-0.05, 0) is 35.7 Å². The highest BCUT2D eigenvalue weighted by Crippen LogP contribution is 2.24. The van der Waals surface area contributed by atoms with Gasteiger partial charge in [0.1, 0.15) is 5.82 Å². The first-order valence-electron chi connectivity index (χ1n) is 8.17. The molecule has 0 saturated heterocycles. The number of aromatic nitrogens is 2. The first kappa shape index (κ1) is 16.2. The lowest BCUT2D eigenvalue weighted by Gasteiger charge is -2.09. The van der Waals surface area contributed by atoms with E-state index in [1.807, 2.05) is 60.0 Å². The van der Waals surface area contributed by atoms with Gasteiger partial charge in [0.25, 0.3) is 0 Å². The first-order chi connectivity index (χ1) is 12.8. The third-order valence-electron chi connectivity index (χ3n) is 3.86. The Balaban J connectivity index is 1.45. The van der Waals surface area contributed by atoms with Crippen molar-refractivity contribution >= 4 is 45.3 Å². The van der Waals surface area contributed by atoms with Gasteiger partial charge < -0.3 is 10.6 Å². The van der Waals surface area contributed by atoms with Crippen LogP contribution in [0.5, 0.6) is 0 Å². The predicted molar refractivity (Wildman–Crippen MR) is 106 cm³/mol. The Kier molecular flexibility index (Phi) is 4.57. The highest BCUT2D eigenvalue weighted by Gasteiger charge is 2.06. The molecule has 3 aromatic heterocycles. The maximum Gasteiger partial charge on any atom is 0.229 e. The monoisotopic (exact) mass is 360 g/mol. The second kappa shape index (κ2) is 7.33. The van der Waals surface area contributed by atoms with Crippen LogP contribution in [-0.4, -0.2) is 15.9 Å². The molecule has 26 heavy (non-hydrogen) atoms. The average molecular weight is 360 g/mol. The van der Waals surface area contributed by atoms with Gasteiger partial charge in [0.15, 0.2) is 0 Å². The van der Waals surface area contributed by atoms with Crippen LogP contribution >= 0.6 is 11.3 Å². The fourth-order valence-corrected chi connectivity index (χ4v) is 3.36. The Bertz CT molecular complexity index is 1020. The van der Waals surface area contributed by atoms with E-state index < -0.39 is 0 Å². The van der Waals surface area contributed by atoms with Crippen LogP contribution in [0.25, 0.3) is 10.9 Å². The quantitative estimate of drug-likeness (QED) is 0.545. The van der Waals surface area contributed by atoms with E-state index in [0.717, 1.165) is 21.5 Å². The summed E-state index contributed by atoms with van der Waals surface area (Å²) in [6, 6.07) is 17.5. The topological polar surface area (TPSA) is 66.9 Å². The van der Waals surface area contributed by atoms with Crippen molar-refractivity contribution in [3.8, 4) is 0 Å². The molecule has 4 rings (SSSR count). The number of hydrogen-bond donors (Lipinski definition) is 2. The molecule has 0 aliphatic rings. The lowest BCUT2D eigenvalue weighted by molar-refractivity contribution is -0.115. The van der Waals surface area contributed by atoms with Crippen molar-refractivity contribution in [2.45, 2.75) is 6.42 Å². The molecule has 0 atom stereocenters. The van der Waals surface area contributed by atoms with E-state index in [9.17, 15) is 4.79 Å². The molecule has 0 saturated carbocycles. The van der Waals surface area contributed by atoms with Gasteiger partial charge in [-0.15, -0.1) is 11.3 Å². The molecule has 0 radical (unpaired) electrons. The maximum absolute atomic E-state index is 12.0. The highest BCUT2D eigenvalue weighted by atomic mass is 32.1. The number of nitrogens with one attached hydrogen (secondary N) is 2. The number of thiophene rings is 1. The Hall–Kier alpha value is -3.25. The normalized spacial score (nSPS) is 10.6. The molecule has 1 aromatic carbocycles. The van der Waals surface area contributed by atoms with Crippen LogP contribution in [0.1, 0.15) is 4.88 Å². The van der Waals surface area contributed by atoms with Crippen LogP contribution in [-0.2, 0) is 11.2 Å². The average Bonchev–Trinajstić information content (AvgIpc) is 3.16. The number of rotatable bonds is 5. The van der Waals surface area contributed by atoms with E-state index >= 15 is 0 Å². The zero-order valence-electron chi connectivity index (χ0n) is 13.8. The van der Waals surface area contributed by atoms with E-state index in [-0.39, 0.29) is 5.91 Å². The zero-order valence-corrected chi connectivity index (χ0v) is 14.7. The minimum Gasteiger partial charge on any atom is -0.338 e. The van der Waals surface area contributed by atoms with Crippen molar-refractivity contribution in [2.75, 3.05) is 10.6 Å². The van der Waals surface area contributed by atoms with Gasteiger partial charge in [-0.1, -0.05) is 24.3 Å². The summed E-state index contributed by atoms with van der Waals surface area (Å²) >= 11 is 1.57. The summed E-state index contributed by atoms with van der Waals surface area (Å²) in [5.41, 5.74) is 2.46. The number of pyridine rings is 2. The summed E-state index contributed by atoms with van der Waals surface area (Å²) in [6.07, 6.45) is 3.79. The molecule has 5 nitrogen and oxygen atoms in total. The van der Waals surface area contributed by atoms with Gasteiger partial charge in [0, 0.05) is 16.5 Å². The molecule has 0 aliphatic heterocycles. The molecule has 4 aromatic rings. The molecular weight excluding hydrogens is 344 g/mol. The minimum atomic E-state index is -0.0480. The van der Waals surface area contributed by atoms with Gasteiger partial charge in [-0.3, -0.25) is 9.78 Å². The molecule has 0 bridgehead atoms. The molecule has 6 heteroatoms. The van der Waals surface area contributed by atoms with E-state index in [1.165, 1.54) is 0 Å². The Morgan fingerprint density at radius 2 is 1.92 bits per heavy atom. The SMILES string of the molecule is O=C(Cc1cccs1)Nc1ccc(Nc2cccc3cccnc23)nc1. The van der Waals surface area contributed by atoms with Crippen LogP contribution in [0, 0.1) is 0 Å². The number of hydrogen-bond acceptors (Lipinski definition) is 5. The van der Waals surface area contributed by atoms with Crippen molar-refractivity contribution in [1.29, 1.82) is 0 Å². The number of para-hydroxylation sites is 1. The number of amides is 1. The van der Waals surface area contributed by atoms with Crippen molar-refractivity contribution < 1.29 is 4.79 Å². The molecule has 0 fully saturated rings. The van der Waals surface area contributed by atoms with Gasteiger partial charge in [-0.2, -0.15) is 0 Å². The molecule has 128 valence electrons. The van der Waals surface area contributed by atoms with Crippen LogP contribution in [0.2, 0.25) is 0 Å². The largest absolute Gasteiger partial charge is 0.338 e. The Labute approximate surface area is 154 Å². The fraction of sp³-hybridized carbons (Fsp3) is 0.0500. The van der Waals surface area contributed by atoms with Gasteiger partial charge in [0.05, 0.1) is 29.5 Å². The molecule has 0 spiro atoms. The summed E-state index contributed by atoms with van der Waals surface area (Å²) < 4.78 is 0. The molecule has 1 amide bonds. The zero-order chi connectivity index (χ0) is 17.8. The molecule has 3 heterocycles. The first-order valence-corrected chi connectivity index (χ1v) is 9.05. The van der Waals surface area contributed by atoms with Gasteiger partial charge in [0.2, 0.25) is 5.91 Å². The third kappa shape index (κ3) is 3.70. The van der Waals surface area contributed by atoms with Gasteiger partial charge >= 0.3 is 0 Å². The third-order valence-corrected chi connectivity index (χ3v) is 4.73. The minimum absolute atomic E-state index is 0.0480. The standard InChI is InChI=1S/C20H16N4OS/c25-19(12-16-6-3-11-26-16)23-15-8-9-18(22-13-15)24-17-7-1-4-14-5-2-10-21-20(14)17/h1-11,13H,12H2,(H,22,24)(H,23,25). The van der Waals surface area contributed by atoms with Gasteiger partial charge in [-0.25, -0.2) is 4.98 Å². The number of carbonyl (C=O) groups excluding carboxylic acids is 1. The fourth-order valence-electron chi connectivity index (χ4n) is 2.66. The smallest absolute Gasteiger partial charge is 0.229 e. The van der Waals surface area contributed by atoms with Crippen LogP contribution < -0.4 is 10.6 Å². The number of fused-ring (bicyclic) bond motifs is 1. The van der Waals surface area contributed by atoms with Crippen molar-refractivity contribution in [3.63, 3.8) is 0 Å². The summed E-state index contributed by atoms with van der Waals surface area (Å²) in [6.45, 7) is 0. The number of benzene rings is 1. The molecule has 2 N–H and O–H groups in total. The summed E-state index contributed by atoms with van der Waals surface area (Å²) in [7, 11) is 0. The van der Waals surface area contributed by atoms with Crippen LogP contribution in [0.3, 0.4) is 0 Å². The molecule has 0 aliphatic carbocycles. The van der Waals surface area contributed by atoms with E-state index in [4.69, 9.17) is 0 Å². The van der Waals surface area contributed by atoms with E-state index in [2.05, 4.69) is 20.6 Å². The number of anilines is 3. The number of carbonyl (C=O) groups is 1. The maximum atomic E-state index is 12.0. The lowest BCUT2D eigenvalue weighted by atomic mass is 10.2. The van der Waals surface area contributed by atoms with Crippen molar-refractivity contribution in [1.82, 2.24) is 9.97 Å². The van der Waals surface area contributed by atoms with Crippen molar-refractivity contribution in [2.24, 2.45) is 0 Å². The summed E-state index contributed by atoms with van der Waals surface area (Å²) in [5.74, 6) is 0.646. The molecular formula is C20H16N4OS. The summed E-state index contributed by atoms with van der Waals surface area (Å²) in [4.78, 5) is 21.9. The van der Waals surface area contributed by atoms with E-state index in [0.29, 0.717) is 17.9 Å². The van der Waals surface area contributed by atoms with Crippen molar-refractivity contribution in [3.05, 3.63) is 77.2 Å². The summed E-state index contributed by atoms with van der Waals surface area (Å²) in [5, 5.41) is 9.18. The number of nitrogens with zero attached hydrogens (tertiary/aromatic N) is 2. The second-order valence-corrected chi connectivity index (χ2v) is 6.77. The van der Waals surface area contributed by atoms with Crippen LogP contribution in [0.15, 0.2) is 72.4 Å².